The number of hydrogen-bond acceptors (Lipinski definition) is 4. The van der Waals surface area contributed by atoms with E-state index in [4.69, 9.17) is 4.42 Å². The van der Waals surface area contributed by atoms with E-state index in [9.17, 15) is 4.79 Å². The number of aryl methyl sites for hydroxylation is 1. The lowest BCUT2D eigenvalue weighted by Crippen LogP contribution is -2.64. The van der Waals surface area contributed by atoms with Gasteiger partial charge in [-0.15, -0.1) is 0 Å². The third kappa shape index (κ3) is 3.10. The zero-order valence-electron chi connectivity index (χ0n) is 14.9. The van der Waals surface area contributed by atoms with Gasteiger partial charge >= 0.3 is 0 Å². The number of furan rings is 1. The van der Waals surface area contributed by atoms with E-state index in [1.165, 1.54) is 0 Å². The van der Waals surface area contributed by atoms with Crippen molar-refractivity contribution in [2.75, 3.05) is 38.1 Å². The largest absolute Gasteiger partial charge is 0.465 e. The van der Waals surface area contributed by atoms with Crippen LogP contribution in [0.3, 0.4) is 0 Å². The number of nitrogens with zero attached hydrogens (tertiary/aromatic N) is 3. The SMILES string of the molecule is Cc1ccc(CN2CC[C@@]3(C2)CN(c2ccccc2)C(=O)CN3C)o1. The van der Waals surface area contributed by atoms with Gasteiger partial charge in [-0.1, -0.05) is 18.2 Å². The zero-order chi connectivity index (χ0) is 17.4. The monoisotopic (exact) mass is 339 g/mol. The van der Waals surface area contributed by atoms with Gasteiger partial charge in [-0.25, -0.2) is 0 Å². The molecule has 25 heavy (non-hydrogen) atoms. The van der Waals surface area contributed by atoms with Gasteiger partial charge in [0.15, 0.2) is 0 Å². The van der Waals surface area contributed by atoms with Gasteiger partial charge < -0.3 is 9.32 Å². The van der Waals surface area contributed by atoms with Crippen molar-refractivity contribution in [2.24, 2.45) is 0 Å². The van der Waals surface area contributed by atoms with E-state index >= 15 is 0 Å². The lowest BCUT2D eigenvalue weighted by atomic mass is 9.92. The minimum absolute atomic E-state index is 0.0192. The van der Waals surface area contributed by atoms with E-state index in [0.717, 1.165) is 49.8 Å². The predicted octanol–water partition coefficient (Wildman–Crippen LogP) is 2.51. The number of piperazine rings is 1. The van der Waals surface area contributed by atoms with Crippen molar-refractivity contribution in [1.82, 2.24) is 9.80 Å². The van der Waals surface area contributed by atoms with E-state index in [1.54, 1.807) is 0 Å². The Hall–Kier alpha value is -2.11. The molecule has 1 spiro atoms. The van der Waals surface area contributed by atoms with Crippen molar-refractivity contribution in [1.29, 1.82) is 0 Å². The maximum absolute atomic E-state index is 12.6. The zero-order valence-corrected chi connectivity index (χ0v) is 14.9. The number of para-hydroxylation sites is 1. The molecule has 0 N–H and O–H groups in total. The highest BCUT2D eigenvalue weighted by Gasteiger charge is 2.47. The van der Waals surface area contributed by atoms with Crippen LogP contribution in [0.4, 0.5) is 5.69 Å². The third-order valence-corrected chi connectivity index (χ3v) is 5.59. The number of carbonyl (C=O) groups is 1. The van der Waals surface area contributed by atoms with Crippen molar-refractivity contribution in [3.63, 3.8) is 0 Å². The molecule has 4 rings (SSSR count). The average Bonchev–Trinajstić information content (AvgIpc) is 3.20. The molecule has 1 aromatic carbocycles. The van der Waals surface area contributed by atoms with E-state index in [1.807, 2.05) is 48.2 Å². The molecule has 0 bridgehead atoms. The lowest BCUT2D eigenvalue weighted by Gasteiger charge is -2.47. The fourth-order valence-electron chi connectivity index (χ4n) is 4.11. The van der Waals surface area contributed by atoms with Gasteiger partial charge in [0.25, 0.3) is 0 Å². The molecule has 0 aliphatic carbocycles. The highest BCUT2D eigenvalue weighted by molar-refractivity contribution is 5.96. The first kappa shape index (κ1) is 16.4. The van der Waals surface area contributed by atoms with Crippen molar-refractivity contribution in [2.45, 2.75) is 25.4 Å². The molecular weight excluding hydrogens is 314 g/mol. The lowest BCUT2D eigenvalue weighted by molar-refractivity contribution is -0.123. The van der Waals surface area contributed by atoms with Gasteiger partial charge in [-0.05, 0) is 44.7 Å². The van der Waals surface area contributed by atoms with Gasteiger partial charge in [0.2, 0.25) is 5.91 Å². The highest BCUT2D eigenvalue weighted by Crippen LogP contribution is 2.34. The molecule has 5 nitrogen and oxygen atoms in total. The molecule has 2 aliphatic rings. The standard InChI is InChI=1S/C20H25N3O2/c1-16-8-9-18(25-16)12-22-11-10-20(14-22)15-23(19(24)13-21(20)2)17-6-4-3-5-7-17/h3-9H,10-15H2,1-2H3/t20-/m1/s1. The highest BCUT2D eigenvalue weighted by atomic mass is 16.3. The van der Waals surface area contributed by atoms with Crippen LogP contribution in [0.5, 0.6) is 0 Å². The summed E-state index contributed by atoms with van der Waals surface area (Å²) < 4.78 is 5.74. The van der Waals surface area contributed by atoms with Crippen molar-refractivity contribution in [3.8, 4) is 0 Å². The molecule has 5 heteroatoms. The summed E-state index contributed by atoms with van der Waals surface area (Å²) in [5.41, 5.74) is 1.02. The Labute approximate surface area is 148 Å². The van der Waals surface area contributed by atoms with Crippen LogP contribution in [-0.4, -0.2) is 54.5 Å². The second kappa shape index (κ2) is 6.32. The van der Waals surface area contributed by atoms with Crippen LogP contribution in [0, 0.1) is 6.92 Å². The number of hydrogen-bond donors (Lipinski definition) is 0. The van der Waals surface area contributed by atoms with Gasteiger partial charge in [0, 0.05) is 25.3 Å². The van der Waals surface area contributed by atoms with Crippen LogP contribution in [-0.2, 0) is 11.3 Å². The summed E-state index contributed by atoms with van der Waals surface area (Å²) in [6.45, 7) is 6.03. The summed E-state index contributed by atoms with van der Waals surface area (Å²) in [7, 11) is 2.08. The van der Waals surface area contributed by atoms with E-state index in [-0.39, 0.29) is 11.4 Å². The summed E-state index contributed by atoms with van der Waals surface area (Å²) in [5, 5.41) is 0. The maximum Gasteiger partial charge on any atom is 0.241 e. The Kier molecular flexibility index (Phi) is 4.13. The summed E-state index contributed by atoms with van der Waals surface area (Å²) >= 11 is 0. The van der Waals surface area contributed by atoms with Crippen LogP contribution < -0.4 is 4.90 Å². The van der Waals surface area contributed by atoms with Crippen LogP contribution in [0.15, 0.2) is 46.9 Å². The van der Waals surface area contributed by atoms with E-state index < -0.39 is 0 Å². The molecule has 0 radical (unpaired) electrons. The molecule has 2 aliphatic heterocycles. The molecular formula is C20H25N3O2. The predicted molar refractivity (Wildman–Crippen MR) is 97.5 cm³/mol. The molecule has 2 fully saturated rings. The number of carbonyl (C=O) groups excluding carboxylic acids is 1. The number of amides is 1. The summed E-state index contributed by atoms with van der Waals surface area (Å²) in [6, 6.07) is 14.1. The smallest absolute Gasteiger partial charge is 0.241 e. The third-order valence-electron chi connectivity index (χ3n) is 5.59. The quantitative estimate of drug-likeness (QED) is 0.861. The number of benzene rings is 1. The van der Waals surface area contributed by atoms with Crippen LogP contribution in [0.2, 0.25) is 0 Å². The Morgan fingerprint density at radius 2 is 1.92 bits per heavy atom. The minimum atomic E-state index is 0.0192. The van der Waals surface area contributed by atoms with Gasteiger partial charge in [-0.2, -0.15) is 0 Å². The van der Waals surface area contributed by atoms with Crippen molar-refractivity contribution in [3.05, 3.63) is 54.0 Å². The first-order valence-electron chi connectivity index (χ1n) is 8.90. The topological polar surface area (TPSA) is 39.9 Å². The fraction of sp³-hybridized carbons (Fsp3) is 0.450. The molecule has 3 heterocycles. The van der Waals surface area contributed by atoms with E-state index in [0.29, 0.717) is 6.54 Å². The Morgan fingerprint density at radius 3 is 2.64 bits per heavy atom. The minimum Gasteiger partial charge on any atom is -0.465 e. The normalized spacial score (nSPS) is 25.2. The molecule has 1 aromatic heterocycles. The maximum atomic E-state index is 12.6. The second-order valence-electron chi connectivity index (χ2n) is 7.37. The number of anilines is 1. The molecule has 1 atom stereocenters. The van der Waals surface area contributed by atoms with Crippen LogP contribution in [0.25, 0.3) is 0 Å². The average molecular weight is 339 g/mol. The van der Waals surface area contributed by atoms with Crippen molar-refractivity contribution < 1.29 is 9.21 Å². The van der Waals surface area contributed by atoms with Gasteiger partial charge in [-0.3, -0.25) is 14.6 Å². The molecule has 132 valence electrons. The fourth-order valence-corrected chi connectivity index (χ4v) is 4.11. The summed E-state index contributed by atoms with van der Waals surface area (Å²) in [5.74, 6) is 2.16. The molecule has 2 aromatic rings. The van der Waals surface area contributed by atoms with Gasteiger partial charge in [0.05, 0.1) is 18.6 Å². The molecule has 1 amide bonds. The Bertz CT molecular complexity index is 757. The summed E-state index contributed by atoms with van der Waals surface area (Å²) in [6.07, 6.45) is 1.07. The number of rotatable bonds is 3. The summed E-state index contributed by atoms with van der Waals surface area (Å²) in [4.78, 5) is 19.2. The number of likely N-dealkylation sites (tertiary alicyclic amines) is 1. The molecule has 0 unspecified atom stereocenters. The number of likely N-dealkylation sites (N-methyl/N-ethyl adjacent to an activating group) is 1. The van der Waals surface area contributed by atoms with Crippen LogP contribution in [0.1, 0.15) is 17.9 Å². The Morgan fingerprint density at radius 1 is 1.12 bits per heavy atom. The first-order valence-corrected chi connectivity index (χ1v) is 8.90. The van der Waals surface area contributed by atoms with Gasteiger partial charge in [0.1, 0.15) is 11.5 Å². The first-order chi connectivity index (χ1) is 12.1. The van der Waals surface area contributed by atoms with Crippen LogP contribution >= 0.6 is 0 Å². The Balaban J connectivity index is 1.51. The van der Waals surface area contributed by atoms with E-state index in [2.05, 4.69) is 22.9 Å². The molecule has 0 saturated carbocycles. The van der Waals surface area contributed by atoms with Crippen molar-refractivity contribution >= 4 is 11.6 Å². The second-order valence-corrected chi connectivity index (χ2v) is 7.37. The molecule has 2 saturated heterocycles.